The van der Waals surface area contributed by atoms with Crippen molar-refractivity contribution in [3.63, 3.8) is 0 Å². The molecule has 0 bridgehead atoms. The number of nitrogens with zero attached hydrogens (tertiary/aromatic N) is 3. The lowest BCUT2D eigenvalue weighted by Crippen LogP contribution is -2.19. The van der Waals surface area contributed by atoms with E-state index in [4.69, 9.17) is 16.3 Å². The maximum absolute atomic E-state index is 12.9. The number of hydrogen-bond donors (Lipinski definition) is 1. The molecule has 0 radical (unpaired) electrons. The van der Waals surface area contributed by atoms with Gasteiger partial charge in [0.2, 0.25) is 5.91 Å². The van der Waals surface area contributed by atoms with Crippen molar-refractivity contribution in [2.75, 3.05) is 5.32 Å². The van der Waals surface area contributed by atoms with E-state index < -0.39 is 0 Å². The number of nitrogens with one attached hydrogen (secondary N) is 1. The molecular weight excluding hydrogens is 412 g/mol. The molecule has 7 heteroatoms. The first-order valence-corrected chi connectivity index (χ1v) is 10.9. The topological polar surface area (TPSA) is 87.9 Å². The predicted octanol–water partition coefficient (Wildman–Crippen LogP) is 4.34. The van der Waals surface area contributed by atoms with Crippen molar-refractivity contribution in [1.82, 2.24) is 9.97 Å². The van der Waals surface area contributed by atoms with Crippen molar-refractivity contribution in [2.45, 2.75) is 36.7 Å². The van der Waals surface area contributed by atoms with Gasteiger partial charge in [0.05, 0.1) is 17.4 Å². The Bertz CT molecular complexity index is 1360. The van der Waals surface area contributed by atoms with Gasteiger partial charge in [-0.25, -0.2) is 9.97 Å². The molecule has 0 saturated heterocycles. The quantitative estimate of drug-likeness (QED) is 0.627. The van der Waals surface area contributed by atoms with Crippen molar-refractivity contribution in [2.24, 2.45) is 11.3 Å². The van der Waals surface area contributed by atoms with Crippen LogP contribution in [0.5, 0.6) is 5.75 Å². The van der Waals surface area contributed by atoms with Crippen LogP contribution in [0.2, 0.25) is 5.15 Å². The summed E-state index contributed by atoms with van der Waals surface area (Å²) in [5.74, 6) is 0.896. The minimum atomic E-state index is -0.332. The molecule has 2 aromatic heterocycles. The lowest BCUT2D eigenvalue weighted by Gasteiger charge is -2.12. The Morgan fingerprint density at radius 1 is 1.19 bits per heavy atom. The molecule has 4 aliphatic rings. The molecule has 1 aliphatic heterocycles. The summed E-state index contributed by atoms with van der Waals surface area (Å²) in [7, 11) is 0. The van der Waals surface area contributed by atoms with Crippen LogP contribution in [-0.2, 0) is 10.2 Å². The highest BCUT2D eigenvalue weighted by molar-refractivity contribution is 6.29. The van der Waals surface area contributed by atoms with Crippen molar-refractivity contribution >= 4 is 34.1 Å². The molecule has 3 fully saturated rings. The Balaban J connectivity index is 1.14. The van der Waals surface area contributed by atoms with Crippen molar-refractivity contribution in [3.8, 4) is 11.8 Å². The van der Waals surface area contributed by atoms with Gasteiger partial charge in [0.1, 0.15) is 22.8 Å². The number of ether oxygens (including phenoxy) is 1. The number of halogens is 1. The largest absolute Gasteiger partial charge is 0.488 e. The van der Waals surface area contributed by atoms with Crippen LogP contribution >= 0.6 is 11.6 Å². The molecule has 3 heterocycles. The van der Waals surface area contributed by atoms with Crippen LogP contribution in [0.3, 0.4) is 0 Å². The van der Waals surface area contributed by atoms with Crippen LogP contribution in [0.4, 0.5) is 5.82 Å². The van der Waals surface area contributed by atoms with Gasteiger partial charge in [0.15, 0.2) is 0 Å². The minimum absolute atomic E-state index is 0.0203. The molecule has 3 saturated carbocycles. The summed E-state index contributed by atoms with van der Waals surface area (Å²) in [6, 6.07) is 12.3. The number of rotatable bonds is 3. The number of anilines is 1. The Labute approximate surface area is 183 Å². The average Bonchev–Trinajstić information content (AvgIpc) is 3.72. The van der Waals surface area contributed by atoms with Crippen LogP contribution in [0, 0.1) is 22.7 Å². The maximum atomic E-state index is 12.9. The first-order valence-electron chi connectivity index (χ1n) is 10.5. The number of benzene rings is 1. The van der Waals surface area contributed by atoms with Crippen LogP contribution in [0.1, 0.15) is 36.3 Å². The van der Waals surface area contributed by atoms with Gasteiger partial charge >= 0.3 is 0 Å². The molecule has 152 valence electrons. The van der Waals surface area contributed by atoms with Gasteiger partial charge in [-0.3, -0.25) is 4.79 Å². The number of fused-ring (bicyclic) bond motifs is 4. The number of carbonyl (C=O) groups is 1. The fourth-order valence-corrected chi connectivity index (χ4v) is 5.72. The minimum Gasteiger partial charge on any atom is -0.488 e. The van der Waals surface area contributed by atoms with Crippen LogP contribution in [0.15, 0.2) is 42.7 Å². The van der Waals surface area contributed by atoms with Crippen LogP contribution < -0.4 is 10.1 Å². The molecule has 1 spiro atoms. The molecule has 0 unspecified atom stereocenters. The van der Waals surface area contributed by atoms with E-state index in [1.54, 1.807) is 18.5 Å². The van der Waals surface area contributed by atoms with Gasteiger partial charge in [0, 0.05) is 35.3 Å². The van der Waals surface area contributed by atoms with E-state index in [9.17, 15) is 10.1 Å². The SMILES string of the molecule is N#C[C@]1(c2ccc3cnc(NC(=O)[C@@H]4[C@@H]5Oc6cc(Cl)ncc6[C@@H]54)cc3c2)CC12CC2. The zero-order valence-corrected chi connectivity index (χ0v) is 17.2. The summed E-state index contributed by atoms with van der Waals surface area (Å²) in [4.78, 5) is 21.4. The van der Waals surface area contributed by atoms with E-state index >= 15 is 0 Å². The summed E-state index contributed by atoms with van der Waals surface area (Å²) < 4.78 is 5.86. The van der Waals surface area contributed by atoms with Gasteiger partial charge in [-0.1, -0.05) is 23.7 Å². The van der Waals surface area contributed by atoms with Gasteiger partial charge in [-0.2, -0.15) is 5.26 Å². The van der Waals surface area contributed by atoms with E-state index in [1.807, 2.05) is 12.1 Å². The molecule has 1 amide bonds. The second kappa shape index (κ2) is 5.54. The number of hydrogen-bond acceptors (Lipinski definition) is 5. The highest BCUT2D eigenvalue weighted by Crippen LogP contribution is 2.78. The van der Waals surface area contributed by atoms with E-state index in [0.29, 0.717) is 11.0 Å². The number of pyridine rings is 2. The third-order valence-electron chi connectivity index (χ3n) is 7.63. The maximum Gasteiger partial charge on any atom is 0.233 e. The molecule has 1 aromatic carbocycles. The lowest BCUT2D eigenvalue weighted by atomic mass is 9.92. The Morgan fingerprint density at radius 2 is 2.06 bits per heavy atom. The monoisotopic (exact) mass is 428 g/mol. The number of aromatic nitrogens is 2. The number of amides is 1. The highest BCUT2D eigenvalue weighted by atomic mass is 35.5. The molecule has 3 aromatic rings. The van der Waals surface area contributed by atoms with Gasteiger partial charge < -0.3 is 10.1 Å². The van der Waals surface area contributed by atoms with Gasteiger partial charge in [-0.15, -0.1) is 0 Å². The normalized spacial score (nSPS) is 30.1. The summed E-state index contributed by atoms with van der Waals surface area (Å²) >= 11 is 5.91. The zero-order chi connectivity index (χ0) is 21.0. The molecular formula is C24H17ClN4O2. The second-order valence-corrected chi connectivity index (χ2v) is 9.66. The van der Waals surface area contributed by atoms with E-state index in [-0.39, 0.29) is 34.7 Å². The molecule has 6 nitrogen and oxygen atoms in total. The van der Waals surface area contributed by atoms with Crippen molar-refractivity contribution < 1.29 is 9.53 Å². The summed E-state index contributed by atoms with van der Waals surface area (Å²) in [6.45, 7) is 0. The van der Waals surface area contributed by atoms with Crippen LogP contribution in [0.25, 0.3) is 10.8 Å². The zero-order valence-electron chi connectivity index (χ0n) is 16.4. The molecule has 31 heavy (non-hydrogen) atoms. The summed E-state index contributed by atoms with van der Waals surface area (Å²) in [6.07, 6.45) is 6.55. The molecule has 7 rings (SSSR count). The van der Waals surface area contributed by atoms with E-state index in [0.717, 1.165) is 46.9 Å². The van der Waals surface area contributed by atoms with E-state index in [1.165, 1.54) is 0 Å². The summed E-state index contributed by atoms with van der Waals surface area (Å²) in [5.41, 5.74) is 1.90. The first kappa shape index (κ1) is 17.5. The molecule has 4 atom stereocenters. The average molecular weight is 429 g/mol. The third kappa shape index (κ3) is 2.30. The lowest BCUT2D eigenvalue weighted by molar-refractivity contribution is -0.118. The fraction of sp³-hybridized carbons (Fsp3) is 0.333. The number of carbonyl (C=O) groups excluding carboxylic acids is 1. The third-order valence-corrected chi connectivity index (χ3v) is 7.84. The fourth-order valence-electron chi connectivity index (χ4n) is 5.57. The van der Waals surface area contributed by atoms with Crippen molar-refractivity contribution in [3.05, 3.63) is 59.0 Å². The highest BCUT2D eigenvalue weighted by Gasteiger charge is 2.75. The Hall–Kier alpha value is -3.17. The standard InChI is InChI=1S/C24H17ClN4O2/c25-17-7-16-15(9-27-17)19-20(21(19)31-16)22(30)29-18-6-13-5-14(2-1-12(13)8-28-18)24(11-26)10-23(24)3-4-23/h1-2,5-9,19-21H,3-4,10H2,(H,28,29,30)/t19-,20+,21-,24+/m1/s1. The predicted molar refractivity (Wildman–Crippen MR) is 114 cm³/mol. The smallest absolute Gasteiger partial charge is 0.233 e. The van der Waals surface area contributed by atoms with Gasteiger partial charge in [0.25, 0.3) is 0 Å². The first-order chi connectivity index (χ1) is 15.0. The summed E-state index contributed by atoms with van der Waals surface area (Å²) in [5, 5.41) is 15.1. The van der Waals surface area contributed by atoms with Crippen LogP contribution in [-0.4, -0.2) is 22.0 Å². The molecule has 1 N–H and O–H groups in total. The van der Waals surface area contributed by atoms with Crippen molar-refractivity contribution in [1.29, 1.82) is 5.26 Å². The Morgan fingerprint density at radius 3 is 2.84 bits per heavy atom. The number of nitriles is 1. The second-order valence-electron chi connectivity index (χ2n) is 9.27. The van der Waals surface area contributed by atoms with E-state index in [2.05, 4.69) is 33.5 Å². The Kier molecular flexibility index (Phi) is 3.13. The molecule has 3 aliphatic carbocycles. The van der Waals surface area contributed by atoms with Gasteiger partial charge in [-0.05, 0) is 47.8 Å².